The lowest BCUT2D eigenvalue weighted by molar-refractivity contribution is 0.384. The van der Waals surface area contributed by atoms with Crippen LogP contribution in [-0.2, 0) is 22.9 Å². The Balaban J connectivity index is 1.40. The predicted molar refractivity (Wildman–Crippen MR) is 107 cm³/mol. The summed E-state index contributed by atoms with van der Waals surface area (Å²) in [7, 11) is -3.70. The van der Waals surface area contributed by atoms with Crippen molar-refractivity contribution in [3.8, 4) is 0 Å². The van der Waals surface area contributed by atoms with Gasteiger partial charge in [-0.15, -0.1) is 11.3 Å². The normalized spacial score (nSPS) is 18.0. The average molecular weight is 419 g/mol. The Morgan fingerprint density at radius 1 is 1.07 bits per heavy atom. The second-order valence-electron chi connectivity index (χ2n) is 7.08. The molecule has 28 heavy (non-hydrogen) atoms. The number of nitrogens with zero attached hydrogens (tertiary/aromatic N) is 4. The number of thiophene rings is 1. The molecule has 0 unspecified atom stereocenters. The minimum absolute atomic E-state index is 0.000954. The van der Waals surface area contributed by atoms with Crippen LogP contribution in [-0.4, -0.2) is 48.9 Å². The van der Waals surface area contributed by atoms with Gasteiger partial charge in [-0.3, -0.25) is 0 Å². The molecule has 0 N–H and O–H groups in total. The van der Waals surface area contributed by atoms with Crippen LogP contribution in [0.5, 0.6) is 0 Å². The fourth-order valence-electron chi connectivity index (χ4n) is 4.07. The average Bonchev–Trinajstić information content (AvgIpc) is 3.29. The topological polar surface area (TPSA) is 66.4 Å². The van der Waals surface area contributed by atoms with Gasteiger partial charge in [-0.2, -0.15) is 4.31 Å². The van der Waals surface area contributed by atoms with Crippen molar-refractivity contribution in [1.29, 1.82) is 0 Å². The zero-order valence-electron chi connectivity index (χ0n) is 15.1. The monoisotopic (exact) mass is 418 g/mol. The minimum atomic E-state index is -3.70. The first-order valence-corrected chi connectivity index (χ1v) is 11.6. The lowest BCUT2D eigenvalue weighted by atomic mass is 10.1. The number of hydrogen-bond acceptors (Lipinski definition) is 6. The molecule has 5 rings (SSSR count). The molecule has 1 fully saturated rings. The van der Waals surface area contributed by atoms with Crippen LogP contribution in [0.1, 0.15) is 16.9 Å². The summed E-state index contributed by atoms with van der Waals surface area (Å²) in [5.41, 5.74) is 1.37. The fourth-order valence-corrected chi connectivity index (χ4v) is 6.75. The second-order valence-corrected chi connectivity index (χ2v) is 10.1. The van der Waals surface area contributed by atoms with E-state index in [0.29, 0.717) is 26.2 Å². The quantitative estimate of drug-likeness (QED) is 0.654. The highest BCUT2D eigenvalue weighted by molar-refractivity contribution is 7.89. The minimum Gasteiger partial charge on any atom is -0.353 e. The maximum Gasteiger partial charge on any atom is 0.243 e. The lowest BCUT2D eigenvalue weighted by Crippen LogP contribution is -2.49. The van der Waals surface area contributed by atoms with Gasteiger partial charge in [-0.1, -0.05) is 6.07 Å². The van der Waals surface area contributed by atoms with Crippen LogP contribution in [0.15, 0.2) is 35.5 Å². The molecule has 9 heteroatoms. The number of hydrogen-bond donors (Lipinski definition) is 0. The molecule has 3 heterocycles. The maximum atomic E-state index is 13.5. The van der Waals surface area contributed by atoms with E-state index in [-0.39, 0.29) is 4.90 Å². The second kappa shape index (κ2) is 6.75. The lowest BCUT2D eigenvalue weighted by Gasteiger charge is -2.35. The number of rotatable bonds is 3. The number of fused-ring (bicyclic) bond motifs is 3. The fraction of sp³-hybridized carbons (Fsp3) is 0.368. The zero-order valence-corrected chi connectivity index (χ0v) is 16.8. The van der Waals surface area contributed by atoms with Crippen molar-refractivity contribution in [2.75, 3.05) is 31.1 Å². The molecular weight excluding hydrogens is 399 g/mol. The summed E-state index contributed by atoms with van der Waals surface area (Å²) in [6, 6.07) is 5.18. The Labute approximate surface area is 166 Å². The highest BCUT2D eigenvalue weighted by Gasteiger charge is 2.31. The van der Waals surface area contributed by atoms with E-state index in [1.165, 1.54) is 39.4 Å². The Morgan fingerprint density at radius 3 is 2.68 bits per heavy atom. The summed E-state index contributed by atoms with van der Waals surface area (Å²) in [5, 5.41) is 1.14. The summed E-state index contributed by atoms with van der Waals surface area (Å²) in [6.45, 7) is 1.78. The summed E-state index contributed by atoms with van der Waals surface area (Å²) in [6.07, 6.45) is 4.93. The van der Waals surface area contributed by atoms with Crippen molar-refractivity contribution in [1.82, 2.24) is 14.3 Å². The van der Waals surface area contributed by atoms with Gasteiger partial charge in [0.05, 0.1) is 10.3 Å². The molecule has 1 aromatic carbocycles. The van der Waals surface area contributed by atoms with Gasteiger partial charge in [-0.25, -0.2) is 22.8 Å². The molecule has 0 amide bonds. The van der Waals surface area contributed by atoms with Gasteiger partial charge in [0.2, 0.25) is 10.0 Å². The zero-order chi connectivity index (χ0) is 19.3. The number of anilines is 1. The van der Waals surface area contributed by atoms with Crippen LogP contribution in [0, 0.1) is 5.82 Å². The molecule has 0 spiro atoms. The van der Waals surface area contributed by atoms with Gasteiger partial charge < -0.3 is 4.90 Å². The van der Waals surface area contributed by atoms with E-state index >= 15 is 0 Å². The number of aromatic nitrogens is 2. The van der Waals surface area contributed by atoms with Gasteiger partial charge in [0.25, 0.3) is 0 Å². The van der Waals surface area contributed by atoms with Crippen LogP contribution >= 0.6 is 11.3 Å². The summed E-state index contributed by atoms with van der Waals surface area (Å²) in [5.74, 6) is 0.363. The number of benzene rings is 1. The van der Waals surface area contributed by atoms with Crippen molar-refractivity contribution in [2.24, 2.45) is 0 Å². The van der Waals surface area contributed by atoms with E-state index < -0.39 is 15.8 Å². The molecule has 3 aromatic rings. The van der Waals surface area contributed by atoms with E-state index in [2.05, 4.69) is 14.9 Å². The van der Waals surface area contributed by atoms with E-state index in [9.17, 15) is 12.8 Å². The first-order chi connectivity index (χ1) is 13.5. The van der Waals surface area contributed by atoms with Crippen molar-refractivity contribution in [3.63, 3.8) is 0 Å². The Kier molecular flexibility index (Phi) is 4.33. The van der Waals surface area contributed by atoms with E-state index in [1.54, 1.807) is 17.7 Å². The third kappa shape index (κ3) is 2.89. The standard InChI is InChI=1S/C19H19FN4O2S2/c20-13-3-1-4-14(11-13)28(25,26)24-9-7-23(8-10-24)18-17-15-5-2-6-16(15)27-19(17)22-12-21-18/h1,3-4,11-12H,2,5-10H2. The summed E-state index contributed by atoms with van der Waals surface area (Å²) >= 11 is 1.75. The highest BCUT2D eigenvalue weighted by atomic mass is 32.2. The molecule has 0 bridgehead atoms. The molecular formula is C19H19FN4O2S2. The molecule has 1 aliphatic heterocycles. The third-order valence-corrected chi connectivity index (χ3v) is 8.55. The van der Waals surface area contributed by atoms with E-state index in [1.807, 2.05) is 0 Å². The largest absolute Gasteiger partial charge is 0.353 e. The van der Waals surface area contributed by atoms with Crippen LogP contribution in [0.4, 0.5) is 10.2 Å². The molecule has 146 valence electrons. The van der Waals surface area contributed by atoms with Crippen molar-refractivity contribution >= 4 is 37.4 Å². The van der Waals surface area contributed by atoms with Crippen LogP contribution in [0.3, 0.4) is 0 Å². The molecule has 6 nitrogen and oxygen atoms in total. The van der Waals surface area contributed by atoms with Crippen LogP contribution in [0.2, 0.25) is 0 Å². The first kappa shape index (κ1) is 18.0. The molecule has 0 radical (unpaired) electrons. The van der Waals surface area contributed by atoms with Crippen molar-refractivity contribution in [3.05, 3.63) is 46.9 Å². The number of halogens is 1. The molecule has 1 aliphatic carbocycles. The van der Waals surface area contributed by atoms with E-state index in [0.717, 1.165) is 34.9 Å². The smallest absolute Gasteiger partial charge is 0.243 e. The molecule has 2 aliphatic rings. The van der Waals surface area contributed by atoms with Crippen molar-refractivity contribution in [2.45, 2.75) is 24.2 Å². The van der Waals surface area contributed by atoms with Crippen LogP contribution in [0.25, 0.3) is 10.2 Å². The molecule has 0 atom stereocenters. The number of aryl methyl sites for hydroxylation is 2. The Hall–Kier alpha value is -2.10. The van der Waals surface area contributed by atoms with E-state index in [4.69, 9.17) is 0 Å². The van der Waals surface area contributed by atoms with Gasteiger partial charge >= 0.3 is 0 Å². The van der Waals surface area contributed by atoms with Gasteiger partial charge in [0, 0.05) is 31.1 Å². The number of sulfonamides is 1. The SMILES string of the molecule is O=S(=O)(c1cccc(F)c1)N1CCN(c2ncnc3sc4c(c23)CCC4)CC1. The van der Waals surface area contributed by atoms with Gasteiger partial charge in [-0.05, 0) is 43.0 Å². The first-order valence-electron chi connectivity index (χ1n) is 9.30. The molecule has 2 aromatic heterocycles. The molecule has 1 saturated heterocycles. The summed E-state index contributed by atoms with van der Waals surface area (Å²) in [4.78, 5) is 13.6. The van der Waals surface area contributed by atoms with Gasteiger partial charge in [0.1, 0.15) is 22.8 Å². The Bertz CT molecular complexity index is 1150. The van der Waals surface area contributed by atoms with Crippen LogP contribution < -0.4 is 4.90 Å². The Morgan fingerprint density at radius 2 is 1.89 bits per heavy atom. The van der Waals surface area contributed by atoms with Crippen molar-refractivity contribution < 1.29 is 12.8 Å². The predicted octanol–water partition coefficient (Wildman–Crippen LogP) is 2.83. The highest BCUT2D eigenvalue weighted by Crippen LogP contribution is 2.40. The summed E-state index contributed by atoms with van der Waals surface area (Å²) < 4.78 is 40.5. The van der Waals surface area contributed by atoms with Gasteiger partial charge in [0.15, 0.2) is 0 Å². The number of piperazine rings is 1. The maximum absolute atomic E-state index is 13.5. The third-order valence-electron chi connectivity index (χ3n) is 5.45. The molecule has 0 saturated carbocycles.